The molecule has 0 fully saturated rings. The lowest BCUT2D eigenvalue weighted by atomic mass is 10.1. The van der Waals surface area contributed by atoms with Crippen LogP contribution in [-0.2, 0) is 6.42 Å². The number of nitro benzene ring substituents is 1. The van der Waals surface area contributed by atoms with Crippen LogP contribution in [0.4, 0.5) is 5.69 Å². The molecule has 2 aromatic heterocycles. The lowest BCUT2D eigenvalue weighted by molar-refractivity contribution is -0.384. The summed E-state index contributed by atoms with van der Waals surface area (Å²) in [4.78, 5) is 14.9. The minimum atomic E-state index is -0.437. The van der Waals surface area contributed by atoms with Crippen LogP contribution in [0.3, 0.4) is 0 Å². The Morgan fingerprint density at radius 2 is 2.05 bits per heavy atom. The first-order chi connectivity index (χ1) is 10.6. The van der Waals surface area contributed by atoms with Gasteiger partial charge in [0.05, 0.1) is 28.8 Å². The highest BCUT2D eigenvalue weighted by atomic mass is 16.6. The lowest BCUT2D eigenvalue weighted by Crippen LogP contribution is -1.94. The number of rotatable bonds is 3. The summed E-state index contributed by atoms with van der Waals surface area (Å²) in [6, 6.07) is 12.2. The van der Waals surface area contributed by atoms with E-state index in [0.717, 1.165) is 22.5 Å². The fourth-order valence-electron chi connectivity index (χ4n) is 2.47. The van der Waals surface area contributed by atoms with Gasteiger partial charge < -0.3 is 4.40 Å². The van der Waals surface area contributed by atoms with Crippen LogP contribution in [0.5, 0.6) is 0 Å². The zero-order valence-electron chi connectivity index (χ0n) is 11.9. The minimum absolute atomic E-state index is 0.0329. The van der Waals surface area contributed by atoms with Crippen molar-refractivity contribution < 1.29 is 4.92 Å². The van der Waals surface area contributed by atoms with Crippen molar-refractivity contribution in [3.8, 4) is 17.3 Å². The highest BCUT2D eigenvalue weighted by Crippen LogP contribution is 2.27. The second kappa shape index (κ2) is 5.30. The van der Waals surface area contributed by atoms with Crippen molar-refractivity contribution in [1.82, 2.24) is 9.38 Å². The minimum Gasteiger partial charge on any atom is -0.302 e. The molecule has 0 N–H and O–H groups in total. The number of aryl methyl sites for hydroxylation is 1. The molecule has 0 bridgehead atoms. The highest BCUT2D eigenvalue weighted by Gasteiger charge is 2.15. The van der Waals surface area contributed by atoms with Crippen molar-refractivity contribution in [3.63, 3.8) is 0 Å². The molecule has 108 valence electrons. The zero-order valence-corrected chi connectivity index (χ0v) is 11.9. The molecule has 6 heteroatoms. The van der Waals surface area contributed by atoms with E-state index in [-0.39, 0.29) is 12.1 Å². The number of non-ortho nitro benzene ring substituents is 1. The van der Waals surface area contributed by atoms with E-state index < -0.39 is 4.92 Å². The average molecular weight is 292 g/mol. The summed E-state index contributed by atoms with van der Waals surface area (Å²) < 4.78 is 1.90. The molecule has 3 aromatic rings. The van der Waals surface area contributed by atoms with Gasteiger partial charge in [-0.3, -0.25) is 10.1 Å². The van der Waals surface area contributed by atoms with Gasteiger partial charge in [-0.1, -0.05) is 6.07 Å². The van der Waals surface area contributed by atoms with Gasteiger partial charge in [0.25, 0.3) is 5.69 Å². The van der Waals surface area contributed by atoms with Crippen LogP contribution in [0.1, 0.15) is 11.3 Å². The van der Waals surface area contributed by atoms with Gasteiger partial charge in [-0.2, -0.15) is 5.26 Å². The monoisotopic (exact) mass is 292 g/mol. The average Bonchev–Trinajstić information content (AvgIpc) is 2.88. The van der Waals surface area contributed by atoms with Gasteiger partial charge in [-0.15, -0.1) is 0 Å². The molecule has 1 aromatic carbocycles. The van der Waals surface area contributed by atoms with Crippen LogP contribution >= 0.6 is 0 Å². The Labute approximate surface area is 126 Å². The molecule has 0 atom stereocenters. The predicted molar refractivity (Wildman–Crippen MR) is 81.3 cm³/mol. The Morgan fingerprint density at radius 3 is 2.68 bits per heavy atom. The highest BCUT2D eigenvalue weighted by molar-refractivity contribution is 5.69. The maximum atomic E-state index is 10.7. The molecule has 0 saturated carbocycles. The summed E-state index contributed by atoms with van der Waals surface area (Å²) in [6.45, 7) is 1.96. The van der Waals surface area contributed by atoms with E-state index in [2.05, 4.69) is 11.1 Å². The normalized spacial score (nSPS) is 10.5. The smallest absolute Gasteiger partial charge is 0.269 e. The van der Waals surface area contributed by atoms with Gasteiger partial charge in [0, 0.05) is 23.9 Å². The van der Waals surface area contributed by atoms with Crippen LogP contribution in [0.2, 0.25) is 0 Å². The molecule has 0 unspecified atom stereocenters. The maximum Gasteiger partial charge on any atom is 0.269 e. The van der Waals surface area contributed by atoms with Crippen molar-refractivity contribution in [3.05, 3.63) is 64.0 Å². The Kier molecular flexibility index (Phi) is 3.31. The molecule has 2 heterocycles. The third-order valence-corrected chi connectivity index (χ3v) is 3.54. The van der Waals surface area contributed by atoms with Crippen molar-refractivity contribution in [2.45, 2.75) is 13.3 Å². The first kappa shape index (κ1) is 13.8. The summed E-state index contributed by atoms with van der Waals surface area (Å²) in [5.41, 5.74) is 4.07. The van der Waals surface area contributed by atoms with E-state index in [1.807, 2.05) is 29.7 Å². The number of pyridine rings is 1. The predicted octanol–water partition coefficient (Wildman–Crippen LogP) is 3.28. The van der Waals surface area contributed by atoms with Crippen molar-refractivity contribution >= 4 is 11.3 Å². The van der Waals surface area contributed by atoms with E-state index >= 15 is 0 Å². The molecule has 0 amide bonds. The lowest BCUT2D eigenvalue weighted by Gasteiger charge is -2.01. The van der Waals surface area contributed by atoms with Crippen LogP contribution in [0.15, 0.2) is 42.6 Å². The van der Waals surface area contributed by atoms with E-state index in [1.165, 1.54) is 12.1 Å². The van der Waals surface area contributed by atoms with Crippen molar-refractivity contribution in [2.24, 2.45) is 0 Å². The number of imidazole rings is 1. The number of nitriles is 1. The molecular formula is C16H12N4O2. The number of nitrogens with zero attached hydrogens (tertiary/aromatic N) is 4. The Bertz CT molecular complexity index is 904. The molecule has 0 spiro atoms. The third kappa shape index (κ3) is 2.19. The van der Waals surface area contributed by atoms with Crippen LogP contribution < -0.4 is 0 Å². The van der Waals surface area contributed by atoms with Crippen LogP contribution in [-0.4, -0.2) is 14.3 Å². The van der Waals surface area contributed by atoms with Gasteiger partial charge in [-0.05, 0) is 30.7 Å². The SMILES string of the molecule is Cc1cccn2c(CC#N)c(-c3ccc([N+](=O)[O-])cc3)nc12. The van der Waals surface area contributed by atoms with Gasteiger partial charge >= 0.3 is 0 Å². The number of aromatic nitrogens is 2. The maximum absolute atomic E-state index is 10.7. The fourth-order valence-corrected chi connectivity index (χ4v) is 2.47. The molecule has 0 radical (unpaired) electrons. The summed E-state index contributed by atoms with van der Waals surface area (Å²) in [5.74, 6) is 0. The van der Waals surface area contributed by atoms with Gasteiger partial charge in [0.15, 0.2) is 0 Å². The number of fused-ring (bicyclic) bond motifs is 1. The van der Waals surface area contributed by atoms with E-state index in [4.69, 9.17) is 5.26 Å². The molecule has 0 saturated heterocycles. The zero-order chi connectivity index (χ0) is 15.7. The second-order valence-electron chi connectivity index (χ2n) is 4.93. The Morgan fingerprint density at radius 1 is 1.32 bits per heavy atom. The van der Waals surface area contributed by atoms with E-state index in [0.29, 0.717) is 5.69 Å². The van der Waals surface area contributed by atoms with Crippen molar-refractivity contribution in [2.75, 3.05) is 0 Å². The van der Waals surface area contributed by atoms with E-state index in [1.54, 1.807) is 12.1 Å². The number of benzene rings is 1. The standard InChI is InChI=1S/C16H12N4O2/c1-11-3-2-10-19-14(8-9-17)15(18-16(11)19)12-4-6-13(7-5-12)20(21)22/h2-7,10H,8H2,1H3. The fraction of sp³-hybridized carbons (Fsp3) is 0.125. The summed E-state index contributed by atoms with van der Waals surface area (Å²) in [5, 5.41) is 19.8. The largest absolute Gasteiger partial charge is 0.302 e. The van der Waals surface area contributed by atoms with Gasteiger partial charge in [0.1, 0.15) is 5.65 Å². The Hall–Kier alpha value is -3.20. The molecule has 3 rings (SSSR count). The van der Waals surface area contributed by atoms with Gasteiger partial charge in [0.2, 0.25) is 0 Å². The number of nitro groups is 1. The summed E-state index contributed by atoms with van der Waals surface area (Å²) in [6.07, 6.45) is 2.09. The molecule has 0 aliphatic rings. The topological polar surface area (TPSA) is 84.2 Å². The third-order valence-electron chi connectivity index (χ3n) is 3.54. The number of hydrogen-bond donors (Lipinski definition) is 0. The summed E-state index contributed by atoms with van der Waals surface area (Å²) in [7, 11) is 0. The second-order valence-corrected chi connectivity index (χ2v) is 4.93. The number of hydrogen-bond acceptors (Lipinski definition) is 4. The Balaban J connectivity index is 2.21. The van der Waals surface area contributed by atoms with Crippen LogP contribution in [0, 0.1) is 28.4 Å². The van der Waals surface area contributed by atoms with Gasteiger partial charge in [-0.25, -0.2) is 4.98 Å². The molecular weight excluding hydrogens is 280 g/mol. The molecule has 0 aliphatic heterocycles. The first-order valence-corrected chi connectivity index (χ1v) is 6.70. The molecule has 0 aliphatic carbocycles. The van der Waals surface area contributed by atoms with E-state index in [9.17, 15) is 10.1 Å². The first-order valence-electron chi connectivity index (χ1n) is 6.70. The molecule has 6 nitrogen and oxygen atoms in total. The summed E-state index contributed by atoms with van der Waals surface area (Å²) >= 11 is 0. The molecule has 22 heavy (non-hydrogen) atoms. The van der Waals surface area contributed by atoms with Crippen LogP contribution in [0.25, 0.3) is 16.9 Å². The quantitative estimate of drug-likeness (QED) is 0.547. The van der Waals surface area contributed by atoms with Crippen molar-refractivity contribution in [1.29, 1.82) is 5.26 Å².